The molecule has 2 amide bonds. The van der Waals surface area contributed by atoms with Crippen molar-refractivity contribution >= 4 is 11.8 Å². The van der Waals surface area contributed by atoms with Crippen molar-refractivity contribution in [2.45, 2.75) is 271 Å². The summed E-state index contributed by atoms with van der Waals surface area (Å²) in [6, 6.07) is 0. The highest BCUT2D eigenvalue weighted by Crippen LogP contribution is 2.17. The van der Waals surface area contributed by atoms with E-state index in [2.05, 4.69) is 18.7 Å². The average molecular weight is 705 g/mol. The molecule has 2 N–H and O–H groups in total. The van der Waals surface area contributed by atoms with Crippen LogP contribution in [0.3, 0.4) is 0 Å². The van der Waals surface area contributed by atoms with E-state index in [9.17, 15) is 9.59 Å². The first-order valence-electron chi connectivity index (χ1n) is 23.2. The first-order valence-corrected chi connectivity index (χ1v) is 23.2. The molecular formula is C46H92N2O2. The van der Waals surface area contributed by atoms with Crippen LogP contribution in [0, 0.1) is 0 Å². The molecule has 0 aromatic heterocycles. The van der Waals surface area contributed by atoms with Crippen LogP contribution < -0.4 is 5.73 Å². The second-order valence-electron chi connectivity index (χ2n) is 16.1. The standard InChI is InChI=1S/C46H92N2O2/c1-3-5-7-9-11-13-27-31-35-39-43-48(44-40-36-32-28-14-12-10-8-6-4-2)46(50)42-38-34-30-26-24-22-20-18-16-15-17-19-21-23-25-29-33-37-41-45(47)49/h3-44H2,1-2H3,(H2,47,49). The summed E-state index contributed by atoms with van der Waals surface area (Å²) in [5.74, 6) is 0.282. The fourth-order valence-electron chi connectivity index (χ4n) is 7.50. The van der Waals surface area contributed by atoms with Gasteiger partial charge in [0.25, 0.3) is 0 Å². The maximum Gasteiger partial charge on any atom is 0.222 e. The van der Waals surface area contributed by atoms with E-state index in [4.69, 9.17) is 5.73 Å². The second kappa shape index (κ2) is 42.4. The Hall–Kier alpha value is -1.06. The van der Waals surface area contributed by atoms with Gasteiger partial charge in [-0.1, -0.05) is 232 Å². The molecule has 298 valence electrons. The minimum absolute atomic E-state index is 0.157. The zero-order valence-corrected chi connectivity index (χ0v) is 34.5. The molecule has 0 bridgehead atoms. The molecule has 0 fully saturated rings. The smallest absolute Gasteiger partial charge is 0.222 e. The van der Waals surface area contributed by atoms with Crippen LogP contribution in [-0.2, 0) is 9.59 Å². The molecule has 4 heteroatoms. The molecule has 0 aromatic carbocycles. The van der Waals surface area contributed by atoms with Crippen molar-refractivity contribution in [1.29, 1.82) is 0 Å². The van der Waals surface area contributed by atoms with Gasteiger partial charge in [-0.25, -0.2) is 0 Å². The highest BCUT2D eigenvalue weighted by atomic mass is 16.2. The predicted molar refractivity (Wildman–Crippen MR) is 222 cm³/mol. The molecule has 0 saturated carbocycles. The Morgan fingerprint density at radius 3 is 0.800 bits per heavy atom. The topological polar surface area (TPSA) is 63.4 Å². The van der Waals surface area contributed by atoms with Gasteiger partial charge in [-0.3, -0.25) is 9.59 Å². The van der Waals surface area contributed by atoms with Gasteiger partial charge in [-0.15, -0.1) is 0 Å². The number of unbranched alkanes of at least 4 members (excludes halogenated alkanes) is 35. The van der Waals surface area contributed by atoms with Crippen LogP contribution in [0.25, 0.3) is 0 Å². The Labute approximate surface area is 315 Å². The summed E-state index contributed by atoms with van der Waals surface area (Å²) in [6.07, 6.45) is 52.0. The molecule has 0 radical (unpaired) electrons. The number of carbonyl (C=O) groups is 2. The number of nitrogens with zero attached hydrogens (tertiary/aromatic N) is 1. The normalized spacial score (nSPS) is 11.4. The van der Waals surface area contributed by atoms with E-state index in [0.717, 1.165) is 38.8 Å². The molecule has 0 spiro atoms. The van der Waals surface area contributed by atoms with E-state index in [1.54, 1.807) is 0 Å². The van der Waals surface area contributed by atoms with Gasteiger partial charge in [0.1, 0.15) is 0 Å². The molecule has 0 unspecified atom stereocenters. The second-order valence-corrected chi connectivity index (χ2v) is 16.1. The van der Waals surface area contributed by atoms with Gasteiger partial charge >= 0.3 is 0 Å². The number of hydrogen-bond acceptors (Lipinski definition) is 2. The van der Waals surface area contributed by atoms with Crippen LogP contribution >= 0.6 is 0 Å². The molecule has 0 saturated heterocycles. The van der Waals surface area contributed by atoms with Crippen molar-refractivity contribution in [2.24, 2.45) is 5.73 Å². The summed E-state index contributed by atoms with van der Waals surface area (Å²) in [4.78, 5) is 26.3. The van der Waals surface area contributed by atoms with E-state index in [1.807, 2.05) is 0 Å². The molecule has 50 heavy (non-hydrogen) atoms. The third-order valence-corrected chi connectivity index (χ3v) is 11.0. The lowest BCUT2D eigenvalue weighted by Gasteiger charge is -2.23. The molecule has 0 aliphatic carbocycles. The molecule has 0 atom stereocenters. The Morgan fingerprint density at radius 1 is 0.320 bits per heavy atom. The van der Waals surface area contributed by atoms with Crippen molar-refractivity contribution in [1.82, 2.24) is 4.90 Å². The summed E-state index contributed by atoms with van der Waals surface area (Å²) in [7, 11) is 0. The zero-order chi connectivity index (χ0) is 36.4. The van der Waals surface area contributed by atoms with Crippen LogP contribution in [0.15, 0.2) is 0 Å². The van der Waals surface area contributed by atoms with Gasteiger partial charge in [0.05, 0.1) is 0 Å². The first kappa shape index (κ1) is 48.9. The molecular weight excluding hydrogens is 613 g/mol. The van der Waals surface area contributed by atoms with Crippen LogP contribution in [0.2, 0.25) is 0 Å². The maximum absolute atomic E-state index is 13.2. The molecule has 0 aliphatic rings. The lowest BCUT2D eigenvalue weighted by molar-refractivity contribution is -0.131. The van der Waals surface area contributed by atoms with Crippen molar-refractivity contribution in [3.05, 3.63) is 0 Å². The SMILES string of the molecule is CCCCCCCCCCCCN(CCCCCCCCCCCC)C(=O)CCCCCCCCCCCCCCCCCCCCC(N)=O. The van der Waals surface area contributed by atoms with Crippen molar-refractivity contribution < 1.29 is 9.59 Å². The number of hydrogen-bond donors (Lipinski definition) is 1. The third kappa shape index (κ3) is 39.7. The van der Waals surface area contributed by atoms with E-state index < -0.39 is 0 Å². The Bertz CT molecular complexity index is 657. The van der Waals surface area contributed by atoms with E-state index in [-0.39, 0.29) is 5.91 Å². The first-order chi connectivity index (χ1) is 24.6. The minimum Gasteiger partial charge on any atom is -0.370 e. The summed E-state index contributed by atoms with van der Waals surface area (Å²) >= 11 is 0. The number of carbonyl (C=O) groups excluding carboxylic acids is 2. The van der Waals surface area contributed by atoms with Gasteiger partial charge in [0.2, 0.25) is 11.8 Å². The van der Waals surface area contributed by atoms with Crippen LogP contribution in [0.1, 0.15) is 271 Å². The third-order valence-electron chi connectivity index (χ3n) is 11.0. The van der Waals surface area contributed by atoms with E-state index >= 15 is 0 Å². The Balaban J connectivity index is 3.89. The number of primary amides is 1. The monoisotopic (exact) mass is 705 g/mol. The van der Waals surface area contributed by atoms with Gasteiger partial charge in [0.15, 0.2) is 0 Å². The molecule has 0 rings (SSSR count). The Kier molecular flexibility index (Phi) is 41.5. The maximum atomic E-state index is 13.2. The minimum atomic E-state index is -0.157. The largest absolute Gasteiger partial charge is 0.370 e. The fraction of sp³-hybridized carbons (Fsp3) is 0.957. The van der Waals surface area contributed by atoms with Crippen molar-refractivity contribution in [2.75, 3.05) is 13.1 Å². The summed E-state index contributed by atoms with van der Waals surface area (Å²) < 4.78 is 0. The van der Waals surface area contributed by atoms with E-state index in [1.165, 1.54) is 225 Å². The zero-order valence-electron chi connectivity index (χ0n) is 34.5. The number of amides is 2. The molecule has 0 heterocycles. The van der Waals surface area contributed by atoms with Gasteiger partial charge in [-0.2, -0.15) is 0 Å². The molecule has 0 aromatic rings. The average Bonchev–Trinajstić information content (AvgIpc) is 3.11. The van der Waals surface area contributed by atoms with Crippen molar-refractivity contribution in [3.8, 4) is 0 Å². The van der Waals surface area contributed by atoms with Gasteiger partial charge in [-0.05, 0) is 25.7 Å². The van der Waals surface area contributed by atoms with Crippen molar-refractivity contribution in [3.63, 3.8) is 0 Å². The lowest BCUT2D eigenvalue weighted by Crippen LogP contribution is -2.32. The summed E-state index contributed by atoms with van der Waals surface area (Å²) in [5, 5.41) is 0. The van der Waals surface area contributed by atoms with Gasteiger partial charge < -0.3 is 10.6 Å². The predicted octanol–water partition coefficient (Wildman–Crippen LogP) is 14.9. The molecule has 0 aliphatic heterocycles. The Morgan fingerprint density at radius 2 is 0.540 bits per heavy atom. The lowest BCUT2D eigenvalue weighted by atomic mass is 10.0. The van der Waals surface area contributed by atoms with Gasteiger partial charge in [0, 0.05) is 25.9 Å². The summed E-state index contributed by atoms with van der Waals surface area (Å²) in [6.45, 7) is 6.57. The van der Waals surface area contributed by atoms with E-state index in [0.29, 0.717) is 12.3 Å². The quantitative estimate of drug-likeness (QED) is 0.0642. The highest BCUT2D eigenvalue weighted by Gasteiger charge is 2.12. The number of nitrogens with two attached hydrogens (primary N) is 1. The highest BCUT2D eigenvalue weighted by molar-refractivity contribution is 5.76. The number of rotatable bonds is 43. The van der Waals surface area contributed by atoms with Crippen LogP contribution in [0.4, 0.5) is 0 Å². The molecule has 4 nitrogen and oxygen atoms in total. The summed E-state index contributed by atoms with van der Waals surface area (Å²) in [5.41, 5.74) is 5.20. The fourth-order valence-corrected chi connectivity index (χ4v) is 7.50. The van der Waals surface area contributed by atoms with Crippen LogP contribution in [0.5, 0.6) is 0 Å². The van der Waals surface area contributed by atoms with Crippen LogP contribution in [-0.4, -0.2) is 29.8 Å².